The zero-order valence-corrected chi connectivity index (χ0v) is 37.6. The van der Waals surface area contributed by atoms with Crippen molar-refractivity contribution in [3.05, 3.63) is 59.8 Å². The first-order chi connectivity index (χ1) is 28.4. The van der Waals surface area contributed by atoms with Crippen LogP contribution in [0.15, 0.2) is 48.7 Å². The van der Waals surface area contributed by atoms with E-state index in [-0.39, 0.29) is 48.3 Å². The van der Waals surface area contributed by atoms with Gasteiger partial charge >= 0.3 is 5.97 Å². The molecule has 9 unspecified atom stereocenters. The van der Waals surface area contributed by atoms with Crippen LogP contribution >= 0.6 is 0 Å². The van der Waals surface area contributed by atoms with Crippen LogP contribution < -0.4 is 16.4 Å². The molecule has 1 aliphatic heterocycles. The normalized spacial score (nSPS) is 18.3. The summed E-state index contributed by atoms with van der Waals surface area (Å²) in [5, 5.41) is 15.7. The number of aromatic nitrogens is 1. The van der Waals surface area contributed by atoms with Crippen molar-refractivity contribution in [2.75, 3.05) is 40.6 Å². The van der Waals surface area contributed by atoms with Gasteiger partial charge in [0, 0.05) is 47.0 Å². The van der Waals surface area contributed by atoms with E-state index in [0.29, 0.717) is 38.2 Å². The minimum atomic E-state index is -1.14. The third-order valence-corrected chi connectivity index (χ3v) is 12.0. The fourth-order valence-electron chi connectivity index (χ4n) is 8.62. The van der Waals surface area contributed by atoms with Crippen LogP contribution in [0.2, 0.25) is 0 Å². The number of carbonyl (C=O) groups excluding carboxylic acids is 4. The lowest BCUT2D eigenvalue weighted by atomic mass is 9.89. The van der Waals surface area contributed by atoms with E-state index >= 15 is 0 Å². The standard InChI is InChI=1S/C45H71N7O8/c1-12-29(6)40(51(9)44(56)38(27(2)3)49-43(55)39(28(4)5)50(8)26-32-20-21-47-36(46)24-32)35(59-10)25-37(53)52-22-16-19-34(52)41(60-11)30(7)42(54)48-33(45(57)58)23-31-17-14-13-15-18-31/h13-15,17-18,20-21,24,27-30,33-35,38-41H,12,16,19,22-23,25-26H2,1-11H3,(H2,46,47)(H,48,54)(H,49,55)(H,57,58). The number of amides is 4. The van der Waals surface area contributed by atoms with Crippen molar-refractivity contribution in [3.8, 4) is 0 Å². The summed E-state index contributed by atoms with van der Waals surface area (Å²) in [5.74, 6) is -3.14. The second-order valence-corrected chi connectivity index (χ2v) is 17.1. The van der Waals surface area contributed by atoms with Crippen LogP contribution in [0.25, 0.3) is 0 Å². The minimum absolute atomic E-state index is 0.0345. The molecule has 0 radical (unpaired) electrons. The molecule has 1 aliphatic rings. The lowest BCUT2D eigenvalue weighted by Gasteiger charge is -2.41. The topological polar surface area (TPSA) is 197 Å². The first-order valence-electron chi connectivity index (χ1n) is 21.3. The molecule has 334 valence electrons. The van der Waals surface area contributed by atoms with Gasteiger partial charge in [0.1, 0.15) is 17.9 Å². The van der Waals surface area contributed by atoms with Crippen molar-refractivity contribution in [1.29, 1.82) is 0 Å². The molecule has 1 fully saturated rings. The van der Waals surface area contributed by atoms with Crippen LogP contribution in [0.1, 0.15) is 85.3 Å². The van der Waals surface area contributed by atoms with Gasteiger partial charge in [-0.05, 0) is 60.9 Å². The Bertz CT molecular complexity index is 1710. The number of aliphatic carboxylic acids is 1. The number of carboxylic acids is 1. The molecule has 15 heteroatoms. The van der Waals surface area contributed by atoms with Crippen LogP contribution in [0.5, 0.6) is 0 Å². The van der Waals surface area contributed by atoms with Crippen LogP contribution in [0.3, 0.4) is 0 Å². The number of benzene rings is 1. The maximum atomic E-state index is 14.5. The quantitative estimate of drug-likeness (QED) is 0.126. The number of hydrogen-bond donors (Lipinski definition) is 4. The van der Waals surface area contributed by atoms with E-state index in [1.54, 1.807) is 36.0 Å². The van der Waals surface area contributed by atoms with E-state index in [0.717, 1.165) is 11.1 Å². The highest BCUT2D eigenvalue weighted by molar-refractivity contribution is 5.90. The number of hydrogen-bond acceptors (Lipinski definition) is 10. The lowest BCUT2D eigenvalue weighted by Crippen LogP contribution is -2.60. The number of carbonyl (C=O) groups is 5. The van der Waals surface area contributed by atoms with Gasteiger partial charge in [0.2, 0.25) is 23.6 Å². The average molecular weight is 838 g/mol. The Kier molecular flexibility index (Phi) is 19.4. The summed E-state index contributed by atoms with van der Waals surface area (Å²) >= 11 is 0. The van der Waals surface area contributed by atoms with Crippen LogP contribution in [-0.2, 0) is 46.4 Å². The highest BCUT2D eigenvalue weighted by Crippen LogP contribution is 2.30. The Hall–Kier alpha value is -4.60. The van der Waals surface area contributed by atoms with Crippen molar-refractivity contribution in [2.45, 2.75) is 130 Å². The average Bonchev–Trinajstić information content (AvgIpc) is 3.69. The van der Waals surface area contributed by atoms with Gasteiger partial charge in [-0.25, -0.2) is 9.78 Å². The van der Waals surface area contributed by atoms with Gasteiger partial charge in [0.25, 0.3) is 0 Å². The summed E-state index contributed by atoms with van der Waals surface area (Å²) in [7, 11) is 6.61. The monoisotopic (exact) mass is 838 g/mol. The van der Waals surface area contributed by atoms with Gasteiger partial charge in [-0.15, -0.1) is 0 Å². The second kappa shape index (κ2) is 23.4. The molecule has 0 bridgehead atoms. The van der Waals surface area contributed by atoms with Crippen molar-refractivity contribution in [1.82, 2.24) is 30.3 Å². The number of nitrogen functional groups attached to an aromatic ring is 1. The summed E-state index contributed by atoms with van der Waals surface area (Å²) in [4.78, 5) is 77.9. The molecule has 0 aliphatic carbocycles. The highest BCUT2D eigenvalue weighted by Gasteiger charge is 2.43. The number of anilines is 1. The number of ether oxygens (including phenoxy) is 2. The molecule has 0 spiro atoms. The maximum absolute atomic E-state index is 14.5. The smallest absolute Gasteiger partial charge is 0.326 e. The molecule has 2 heterocycles. The third kappa shape index (κ3) is 13.2. The van der Waals surface area contributed by atoms with E-state index in [1.165, 1.54) is 14.2 Å². The van der Waals surface area contributed by atoms with Gasteiger partial charge in [-0.2, -0.15) is 0 Å². The molecular formula is C45H71N7O8. The summed E-state index contributed by atoms with van der Waals surface area (Å²) in [6, 6.07) is 9.24. The SMILES string of the molecule is CCC(C)C(C(CC(=O)N1CCCC1C(OC)C(C)C(=O)NC(Cc1ccccc1)C(=O)O)OC)N(C)C(=O)C(NC(=O)C(C(C)C)N(C)Cc1ccnc(N)c1)C(C)C. The Morgan fingerprint density at radius 2 is 1.60 bits per heavy atom. The second-order valence-electron chi connectivity index (χ2n) is 17.1. The Balaban J connectivity index is 1.78. The number of likely N-dealkylation sites (tertiary alicyclic amines) is 1. The van der Waals surface area contributed by atoms with E-state index in [4.69, 9.17) is 15.2 Å². The lowest BCUT2D eigenvalue weighted by molar-refractivity contribution is -0.148. The van der Waals surface area contributed by atoms with Crippen molar-refractivity contribution in [2.24, 2.45) is 23.7 Å². The van der Waals surface area contributed by atoms with E-state index < -0.39 is 60.2 Å². The highest BCUT2D eigenvalue weighted by atomic mass is 16.5. The van der Waals surface area contributed by atoms with Crippen LogP contribution in [-0.4, -0.2) is 132 Å². The largest absolute Gasteiger partial charge is 0.480 e. The predicted octanol–water partition coefficient (Wildman–Crippen LogP) is 3.99. The summed E-state index contributed by atoms with van der Waals surface area (Å²) < 4.78 is 11.9. The number of carboxylic acid groups (broad SMARTS) is 1. The molecule has 15 nitrogen and oxygen atoms in total. The molecule has 4 amide bonds. The Morgan fingerprint density at radius 1 is 0.933 bits per heavy atom. The van der Waals surface area contributed by atoms with E-state index in [9.17, 15) is 29.1 Å². The van der Waals surface area contributed by atoms with Gasteiger partial charge < -0.3 is 40.7 Å². The summed E-state index contributed by atoms with van der Waals surface area (Å²) in [5.41, 5.74) is 7.60. The molecule has 0 saturated carbocycles. The van der Waals surface area contributed by atoms with Gasteiger partial charge in [0.15, 0.2) is 0 Å². The number of nitrogens with one attached hydrogen (secondary N) is 2. The molecule has 1 saturated heterocycles. The molecule has 1 aromatic carbocycles. The molecule has 9 atom stereocenters. The molecular weight excluding hydrogens is 767 g/mol. The summed E-state index contributed by atoms with van der Waals surface area (Å²) in [6.45, 7) is 14.4. The number of likely N-dealkylation sites (N-methyl/N-ethyl adjacent to an activating group) is 2. The third-order valence-electron chi connectivity index (χ3n) is 12.0. The van der Waals surface area contributed by atoms with Gasteiger partial charge in [-0.1, -0.05) is 85.2 Å². The van der Waals surface area contributed by atoms with Crippen LogP contribution in [0.4, 0.5) is 5.82 Å². The fourth-order valence-corrected chi connectivity index (χ4v) is 8.62. The molecule has 3 rings (SSSR count). The summed E-state index contributed by atoms with van der Waals surface area (Å²) in [6.07, 6.45) is 2.31. The van der Waals surface area contributed by atoms with Crippen molar-refractivity contribution >= 4 is 35.4 Å². The Labute approximate surface area is 357 Å². The number of rotatable bonds is 23. The molecule has 5 N–H and O–H groups in total. The zero-order valence-electron chi connectivity index (χ0n) is 37.6. The predicted molar refractivity (Wildman–Crippen MR) is 231 cm³/mol. The molecule has 2 aromatic rings. The first-order valence-corrected chi connectivity index (χ1v) is 21.3. The van der Waals surface area contributed by atoms with Gasteiger partial charge in [0.05, 0.1) is 42.7 Å². The number of methoxy groups -OCH3 is 2. The molecule has 1 aromatic heterocycles. The number of nitrogens with zero attached hydrogens (tertiary/aromatic N) is 4. The van der Waals surface area contributed by atoms with Crippen LogP contribution in [0, 0.1) is 23.7 Å². The number of pyridine rings is 1. The first kappa shape index (κ1) is 49.8. The minimum Gasteiger partial charge on any atom is -0.480 e. The van der Waals surface area contributed by atoms with Gasteiger partial charge in [-0.3, -0.25) is 24.1 Å². The number of nitrogens with two attached hydrogens (primary N) is 1. The molecule has 60 heavy (non-hydrogen) atoms. The fraction of sp³-hybridized carbons (Fsp3) is 0.644. The maximum Gasteiger partial charge on any atom is 0.326 e. The van der Waals surface area contributed by atoms with E-state index in [1.807, 2.05) is 89.9 Å². The van der Waals surface area contributed by atoms with E-state index in [2.05, 4.69) is 15.6 Å². The zero-order chi connectivity index (χ0) is 44.8. The van der Waals surface area contributed by atoms with Crippen molar-refractivity contribution < 1.29 is 38.6 Å². The Morgan fingerprint density at radius 3 is 2.15 bits per heavy atom. The van der Waals surface area contributed by atoms with Crippen molar-refractivity contribution in [3.63, 3.8) is 0 Å².